The third kappa shape index (κ3) is 3.06. The van der Waals surface area contributed by atoms with Gasteiger partial charge in [-0.2, -0.15) is 0 Å². The Bertz CT molecular complexity index is 215. The average molecular weight is 193 g/mol. The summed E-state index contributed by atoms with van der Waals surface area (Å²) in [6, 6.07) is 3.79. The van der Waals surface area contributed by atoms with Gasteiger partial charge in [0.05, 0.1) is 0 Å². The second-order valence-corrected chi connectivity index (χ2v) is 2.35. The topological polar surface area (TPSA) is 38.9 Å². The first-order valence-corrected chi connectivity index (χ1v) is 3.52. The van der Waals surface area contributed by atoms with Gasteiger partial charge in [-0.1, -0.05) is 17.7 Å². The molecule has 62 valence electrons. The Hall–Kier alpha value is -0.310. The van der Waals surface area contributed by atoms with Crippen LogP contribution >= 0.6 is 24.0 Å². The van der Waals surface area contributed by atoms with Crippen molar-refractivity contribution in [1.29, 1.82) is 0 Å². The van der Waals surface area contributed by atoms with Gasteiger partial charge in [-0.15, -0.1) is 12.4 Å². The van der Waals surface area contributed by atoms with Crippen molar-refractivity contribution in [2.45, 2.75) is 6.42 Å². The fraction of sp³-hybridized carbons (Fsp3) is 0.286. The van der Waals surface area contributed by atoms with Gasteiger partial charge in [0, 0.05) is 6.20 Å². The SMILES string of the molecule is Cl.NCCc1cccnc1Cl. The fourth-order valence-electron chi connectivity index (χ4n) is 0.761. The van der Waals surface area contributed by atoms with Crippen LogP contribution < -0.4 is 5.73 Å². The van der Waals surface area contributed by atoms with Crippen LogP contribution in [0.1, 0.15) is 5.56 Å². The largest absolute Gasteiger partial charge is 0.330 e. The Morgan fingerprint density at radius 1 is 1.55 bits per heavy atom. The summed E-state index contributed by atoms with van der Waals surface area (Å²) in [5, 5.41) is 0.563. The first kappa shape index (κ1) is 10.7. The molecule has 0 fully saturated rings. The zero-order valence-corrected chi connectivity index (χ0v) is 7.53. The second-order valence-electron chi connectivity index (χ2n) is 1.99. The predicted octanol–water partition coefficient (Wildman–Crippen LogP) is 1.66. The highest BCUT2D eigenvalue weighted by Gasteiger charge is 1.96. The van der Waals surface area contributed by atoms with E-state index in [0.717, 1.165) is 12.0 Å². The lowest BCUT2D eigenvalue weighted by molar-refractivity contribution is 0.959. The Balaban J connectivity index is 0.000001000. The maximum atomic E-state index is 5.74. The number of pyridine rings is 1. The van der Waals surface area contributed by atoms with E-state index in [1.165, 1.54) is 0 Å². The van der Waals surface area contributed by atoms with Crippen LogP contribution in [0.2, 0.25) is 5.15 Å². The number of nitrogens with zero attached hydrogens (tertiary/aromatic N) is 1. The Morgan fingerprint density at radius 2 is 2.27 bits per heavy atom. The van der Waals surface area contributed by atoms with Crippen LogP contribution in [0, 0.1) is 0 Å². The van der Waals surface area contributed by atoms with Crippen LogP contribution in [0.5, 0.6) is 0 Å². The summed E-state index contributed by atoms with van der Waals surface area (Å²) in [4.78, 5) is 3.91. The molecule has 1 aromatic rings. The first-order valence-electron chi connectivity index (χ1n) is 3.14. The smallest absolute Gasteiger partial charge is 0.132 e. The van der Waals surface area contributed by atoms with E-state index in [4.69, 9.17) is 17.3 Å². The molecule has 0 radical (unpaired) electrons. The number of hydrogen-bond acceptors (Lipinski definition) is 2. The molecule has 0 unspecified atom stereocenters. The van der Waals surface area contributed by atoms with Gasteiger partial charge in [0.1, 0.15) is 5.15 Å². The van der Waals surface area contributed by atoms with Crippen LogP contribution in [0.3, 0.4) is 0 Å². The summed E-state index contributed by atoms with van der Waals surface area (Å²) in [6.45, 7) is 0.616. The molecular weight excluding hydrogens is 183 g/mol. The van der Waals surface area contributed by atoms with Crippen LogP contribution in [-0.2, 0) is 6.42 Å². The average Bonchev–Trinajstić information content (AvgIpc) is 1.94. The third-order valence-electron chi connectivity index (χ3n) is 1.25. The van der Waals surface area contributed by atoms with Gasteiger partial charge in [0.25, 0.3) is 0 Å². The van der Waals surface area contributed by atoms with Crippen LogP contribution in [0.15, 0.2) is 18.3 Å². The molecule has 0 saturated carbocycles. The molecular formula is C7H10Cl2N2. The van der Waals surface area contributed by atoms with E-state index in [1.807, 2.05) is 12.1 Å². The van der Waals surface area contributed by atoms with E-state index in [0.29, 0.717) is 11.7 Å². The standard InChI is InChI=1S/C7H9ClN2.ClH/c8-7-6(3-4-9)2-1-5-10-7;/h1-2,5H,3-4,9H2;1H. The van der Waals surface area contributed by atoms with Gasteiger partial charge in [-0.3, -0.25) is 0 Å². The second kappa shape index (κ2) is 5.35. The highest BCUT2D eigenvalue weighted by molar-refractivity contribution is 6.30. The van der Waals surface area contributed by atoms with E-state index < -0.39 is 0 Å². The zero-order valence-electron chi connectivity index (χ0n) is 5.96. The Labute approximate surface area is 77.2 Å². The quantitative estimate of drug-likeness (QED) is 0.725. The van der Waals surface area contributed by atoms with Crippen molar-refractivity contribution in [3.05, 3.63) is 29.0 Å². The van der Waals surface area contributed by atoms with Crippen molar-refractivity contribution < 1.29 is 0 Å². The molecule has 2 nitrogen and oxygen atoms in total. The summed E-state index contributed by atoms with van der Waals surface area (Å²) in [5.41, 5.74) is 6.36. The lowest BCUT2D eigenvalue weighted by atomic mass is 10.2. The Morgan fingerprint density at radius 3 is 2.82 bits per heavy atom. The molecule has 0 saturated heterocycles. The molecule has 0 bridgehead atoms. The third-order valence-corrected chi connectivity index (χ3v) is 1.59. The highest BCUT2D eigenvalue weighted by atomic mass is 35.5. The number of rotatable bonds is 2. The Kier molecular flexibility index (Phi) is 5.20. The molecule has 0 atom stereocenters. The molecule has 0 aliphatic carbocycles. The summed E-state index contributed by atoms with van der Waals surface area (Å²) >= 11 is 5.74. The normalized spacial score (nSPS) is 8.91. The van der Waals surface area contributed by atoms with Crippen molar-refractivity contribution in [3.8, 4) is 0 Å². The summed E-state index contributed by atoms with van der Waals surface area (Å²) < 4.78 is 0. The molecule has 0 aliphatic heterocycles. The summed E-state index contributed by atoms with van der Waals surface area (Å²) in [5.74, 6) is 0. The highest BCUT2D eigenvalue weighted by Crippen LogP contribution is 2.10. The van der Waals surface area contributed by atoms with E-state index >= 15 is 0 Å². The molecule has 0 amide bonds. The number of nitrogens with two attached hydrogens (primary N) is 1. The minimum Gasteiger partial charge on any atom is -0.330 e. The van der Waals surface area contributed by atoms with Crippen molar-refractivity contribution in [1.82, 2.24) is 4.98 Å². The first-order chi connectivity index (χ1) is 4.84. The summed E-state index contributed by atoms with van der Waals surface area (Å²) in [6.07, 6.45) is 2.47. The maximum absolute atomic E-state index is 5.74. The van der Waals surface area contributed by atoms with Crippen LogP contribution in [0.4, 0.5) is 0 Å². The van der Waals surface area contributed by atoms with Crippen LogP contribution in [-0.4, -0.2) is 11.5 Å². The molecule has 2 N–H and O–H groups in total. The van der Waals surface area contributed by atoms with Gasteiger partial charge >= 0.3 is 0 Å². The molecule has 1 heterocycles. The van der Waals surface area contributed by atoms with Gasteiger partial charge in [0.2, 0.25) is 0 Å². The predicted molar refractivity (Wildman–Crippen MR) is 49.3 cm³/mol. The zero-order chi connectivity index (χ0) is 7.40. The summed E-state index contributed by atoms with van der Waals surface area (Å²) in [7, 11) is 0. The number of halogens is 2. The molecule has 1 aromatic heterocycles. The molecule has 11 heavy (non-hydrogen) atoms. The lowest BCUT2D eigenvalue weighted by Gasteiger charge is -1.98. The lowest BCUT2D eigenvalue weighted by Crippen LogP contribution is -2.03. The molecule has 1 rings (SSSR count). The monoisotopic (exact) mass is 192 g/mol. The molecule has 0 spiro atoms. The van der Waals surface area contributed by atoms with E-state index in [-0.39, 0.29) is 12.4 Å². The van der Waals surface area contributed by atoms with E-state index in [1.54, 1.807) is 6.20 Å². The minimum absolute atomic E-state index is 0. The molecule has 4 heteroatoms. The van der Waals surface area contributed by atoms with E-state index in [9.17, 15) is 0 Å². The van der Waals surface area contributed by atoms with Crippen molar-refractivity contribution in [3.63, 3.8) is 0 Å². The van der Waals surface area contributed by atoms with E-state index in [2.05, 4.69) is 4.98 Å². The van der Waals surface area contributed by atoms with Crippen molar-refractivity contribution in [2.24, 2.45) is 5.73 Å². The van der Waals surface area contributed by atoms with Crippen LogP contribution in [0.25, 0.3) is 0 Å². The fourth-order valence-corrected chi connectivity index (χ4v) is 0.975. The van der Waals surface area contributed by atoms with Crippen molar-refractivity contribution >= 4 is 24.0 Å². The van der Waals surface area contributed by atoms with Crippen molar-refractivity contribution in [2.75, 3.05) is 6.54 Å². The van der Waals surface area contributed by atoms with Gasteiger partial charge in [-0.05, 0) is 24.6 Å². The molecule has 0 aromatic carbocycles. The maximum Gasteiger partial charge on any atom is 0.132 e. The van der Waals surface area contributed by atoms with Gasteiger partial charge in [0.15, 0.2) is 0 Å². The minimum atomic E-state index is 0. The number of hydrogen-bond donors (Lipinski definition) is 1. The molecule has 0 aliphatic rings. The number of aromatic nitrogens is 1. The van der Waals surface area contributed by atoms with Gasteiger partial charge < -0.3 is 5.73 Å². The van der Waals surface area contributed by atoms with Gasteiger partial charge in [-0.25, -0.2) is 4.98 Å².